The third-order valence-corrected chi connectivity index (χ3v) is 9.56. The van der Waals surface area contributed by atoms with Gasteiger partial charge in [0.2, 0.25) is 0 Å². The number of aryl methyl sites for hydroxylation is 1. The van der Waals surface area contributed by atoms with Crippen molar-refractivity contribution in [1.29, 1.82) is 0 Å². The fourth-order valence-electron chi connectivity index (χ4n) is 7.13. The molecule has 8 rings (SSSR count). The lowest BCUT2D eigenvalue weighted by atomic mass is 9.96. The summed E-state index contributed by atoms with van der Waals surface area (Å²) in [5, 5.41) is 6.25. The lowest BCUT2D eigenvalue weighted by Gasteiger charge is -2.34. The molecule has 1 saturated carbocycles. The van der Waals surface area contributed by atoms with Crippen LogP contribution in [0.4, 0.5) is 5.82 Å². The van der Waals surface area contributed by atoms with Crippen LogP contribution in [-0.2, 0) is 4.74 Å². The van der Waals surface area contributed by atoms with Crippen LogP contribution in [0.1, 0.15) is 31.2 Å². The number of hydrogen-bond donors (Lipinski definition) is 1. The number of hydrogen-bond acceptors (Lipinski definition) is 8. The molecule has 4 aromatic rings. The Hall–Kier alpha value is -3.33. The Balaban J connectivity index is 1.16. The maximum Gasteiger partial charge on any atom is 0.319 e. The number of ether oxygens (including phenoxy) is 2. The first kappa shape index (κ1) is 25.4. The third-order valence-electron chi connectivity index (χ3n) is 9.56. The van der Waals surface area contributed by atoms with Gasteiger partial charge in [0.1, 0.15) is 5.52 Å². The number of anilines is 1. The van der Waals surface area contributed by atoms with Crippen molar-refractivity contribution in [2.75, 3.05) is 57.4 Å². The molecule has 2 atom stereocenters. The average molecular weight is 551 g/mol. The molecule has 1 N–H and O–H groups in total. The minimum atomic E-state index is 0.199. The van der Waals surface area contributed by atoms with Gasteiger partial charge in [-0.3, -0.25) is 9.88 Å². The highest BCUT2D eigenvalue weighted by atomic mass is 16.5. The standard InChI is InChI=1S/C33H38N6O2/c1-22-4-2-5-23-6-3-7-27(29(22)23)24-16-28-30(34-17-24)31(39-18-25-8-9-26(19-39)35-25)37-32(36-28)41-21-33(10-11-33)20-38-12-14-40-15-13-38/h2-7,16-17,25-26,35H,8-15,18-21H2,1H3. The lowest BCUT2D eigenvalue weighted by molar-refractivity contribution is 0.0231. The number of benzene rings is 2. The number of nitrogens with zero attached hydrogens (tertiary/aromatic N) is 5. The SMILES string of the molecule is Cc1cccc2cccc(-c3cnc4c(N5CC6CCC(C5)N6)nc(OCC5(CN6CCOCC6)CC5)nc4c3)c12. The van der Waals surface area contributed by atoms with E-state index in [-0.39, 0.29) is 5.41 Å². The van der Waals surface area contributed by atoms with E-state index in [0.29, 0.717) is 24.7 Å². The zero-order chi connectivity index (χ0) is 27.4. The summed E-state index contributed by atoms with van der Waals surface area (Å²) in [6, 6.07) is 16.6. The normalized spacial score (nSPS) is 23.8. The molecule has 2 aromatic carbocycles. The van der Waals surface area contributed by atoms with Crippen molar-refractivity contribution < 1.29 is 9.47 Å². The summed E-state index contributed by atoms with van der Waals surface area (Å²) >= 11 is 0. The number of fused-ring (bicyclic) bond motifs is 4. The Morgan fingerprint density at radius 1 is 1.02 bits per heavy atom. The van der Waals surface area contributed by atoms with Crippen LogP contribution >= 0.6 is 0 Å². The summed E-state index contributed by atoms with van der Waals surface area (Å²) in [7, 11) is 0. The van der Waals surface area contributed by atoms with Gasteiger partial charge in [0.15, 0.2) is 5.82 Å². The van der Waals surface area contributed by atoms with Gasteiger partial charge in [-0.05, 0) is 60.6 Å². The summed E-state index contributed by atoms with van der Waals surface area (Å²) in [6.07, 6.45) is 6.82. The summed E-state index contributed by atoms with van der Waals surface area (Å²) in [5.74, 6) is 0.905. The maximum absolute atomic E-state index is 6.47. The predicted octanol–water partition coefficient (Wildman–Crippen LogP) is 4.59. The highest BCUT2D eigenvalue weighted by Gasteiger charge is 2.45. The fraction of sp³-hybridized carbons (Fsp3) is 0.485. The second kappa shape index (κ2) is 10.2. The predicted molar refractivity (Wildman–Crippen MR) is 162 cm³/mol. The van der Waals surface area contributed by atoms with Gasteiger partial charge >= 0.3 is 6.01 Å². The molecular weight excluding hydrogens is 512 g/mol. The van der Waals surface area contributed by atoms with Crippen molar-refractivity contribution in [2.45, 2.75) is 44.7 Å². The van der Waals surface area contributed by atoms with E-state index < -0.39 is 0 Å². The summed E-state index contributed by atoms with van der Waals surface area (Å²) in [6.45, 7) is 9.43. The average Bonchev–Trinajstić information content (AvgIpc) is 3.69. The van der Waals surface area contributed by atoms with E-state index in [2.05, 4.69) is 64.5 Å². The van der Waals surface area contributed by atoms with Gasteiger partial charge in [0.05, 0.1) is 25.3 Å². The molecule has 8 nitrogen and oxygen atoms in total. The molecule has 4 aliphatic rings. The number of morpholine rings is 1. The number of aromatic nitrogens is 3. The van der Waals surface area contributed by atoms with Crippen LogP contribution in [0, 0.1) is 12.3 Å². The monoisotopic (exact) mass is 550 g/mol. The van der Waals surface area contributed by atoms with Crippen LogP contribution in [0.5, 0.6) is 6.01 Å². The van der Waals surface area contributed by atoms with Gasteiger partial charge in [-0.15, -0.1) is 0 Å². The Morgan fingerprint density at radius 2 is 1.80 bits per heavy atom. The van der Waals surface area contributed by atoms with Crippen LogP contribution in [0.2, 0.25) is 0 Å². The van der Waals surface area contributed by atoms with Gasteiger partial charge in [0.25, 0.3) is 0 Å². The first-order chi connectivity index (χ1) is 20.1. The van der Waals surface area contributed by atoms with Crippen LogP contribution in [0.25, 0.3) is 32.9 Å². The van der Waals surface area contributed by atoms with Crippen LogP contribution in [-0.4, -0.2) is 84.5 Å². The third kappa shape index (κ3) is 4.92. The summed E-state index contributed by atoms with van der Waals surface area (Å²) in [4.78, 5) is 20.0. The summed E-state index contributed by atoms with van der Waals surface area (Å²) < 4.78 is 12.0. The van der Waals surface area contributed by atoms with E-state index >= 15 is 0 Å². The van der Waals surface area contributed by atoms with E-state index in [9.17, 15) is 0 Å². The first-order valence-electron chi connectivity index (χ1n) is 15.2. The van der Waals surface area contributed by atoms with E-state index in [1.807, 2.05) is 6.20 Å². The molecule has 0 spiro atoms. The smallest absolute Gasteiger partial charge is 0.319 e. The highest BCUT2D eigenvalue weighted by molar-refractivity contribution is 6.00. The van der Waals surface area contributed by atoms with E-state index in [0.717, 1.165) is 68.4 Å². The Bertz CT molecular complexity index is 1580. The quantitative estimate of drug-likeness (QED) is 0.358. The minimum Gasteiger partial charge on any atom is -0.463 e. The minimum absolute atomic E-state index is 0.199. The molecule has 2 unspecified atom stereocenters. The zero-order valence-electron chi connectivity index (χ0n) is 23.8. The molecule has 41 heavy (non-hydrogen) atoms. The molecular formula is C33H38N6O2. The molecule has 3 aliphatic heterocycles. The second-order valence-electron chi connectivity index (χ2n) is 12.6. The molecule has 3 saturated heterocycles. The molecule has 1 aliphatic carbocycles. The van der Waals surface area contributed by atoms with Crippen molar-refractivity contribution in [3.8, 4) is 17.1 Å². The Morgan fingerprint density at radius 3 is 2.59 bits per heavy atom. The zero-order valence-corrected chi connectivity index (χ0v) is 23.8. The van der Waals surface area contributed by atoms with Crippen LogP contribution < -0.4 is 15.0 Å². The molecule has 4 fully saturated rings. The maximum atomic E-state index is 6.47. The van der Waals surface area contributed by atoms with Gasteiger partial charge in [0, 0.05) is 62.0 Å². The number of pyridine rings is 1. The number of nitrogens with one attached hydrogen (secondary N) is 1. The lowest BCUT2D eigenvalue weighted by Crippen LogP contribution is -2.51. The van der Waals surface area contributed by atoms with Crippen molar-refractivity contribution in [1.82, 2.24) is 25.2 Å². The largest absolute Gasteiger partial charge is 0.463 e. The van der Waals surface area contributed by atoms with E-state index in [1.54, 1.807) is 0 Å². The Labute approximate surface area is 241 Å². The first-order valence-corrected chi connectivity index (χ1v) is 15.2. The van der Waals surface area contributed by atoms with Crippen molar-refractivity contribution in [3.63, 3.8) is 0 Å². The van der Waals surface area contributed by atoms with Gasteiger partial charge in [-0.2, -0.15) is 9.97 Å². The molecule has 2 bridgehead atoms. The Kier molecular flexibility index (Phi) is 6.31. The van der Waals surface area contributed by atoms with E-state index in [1.165, 1.54) is 47.6 Å². The topological polar surface area (TPSA) is 75.6 Å². The summed E-state index contributed by atoms with van der Waals surface area (Å²) in [5.41, 5.74) is 5.41. The molecule has 0 radical (unpaired) electrons. The van der Waals surface area contributed by atoms with E-state index in [4.69, 9.17) is 24.4 Å². The number of rotatable bonds is 7. The number of piperazine rings is 1. The van der Waals surface area contributed by atoms with Crippen LogP contribution in [0.3, 0.4) is 0 Å². The molecule has 8 heteroatoms. The fourth-order valence-corrected chi connectivity index (χ4v) is 7.13. The van der Waals surface area contributed by atoms with Crippen LogP contribution in [0.15, 0.2) is 48.7 Å². The highest BCUT2D eigenvalue weighted by Crippen LogP contribution is 2.46. The molecule has 0 amide bonds. The molecule has 2 aromatic heterocycles. The molecule has 5 heterocycles. The second-order valence-corrected chi connectivity index (χ2v) is 12.6. The van der Waals surface area contributed by atoms with Gasteiger partial charge in [-0.25, -0.2) is 0 Å². The van der Waals surface area contributed by atoms with Gasteiger partial charge < -0.3 is 19.7 Å². The molecule has 212 valence electrons. The van der Waals surface area contributed by atoms with Crippen molar-refractivity contribution in [3.05, 3.63) is 54.2 Å². The van der Waals surface area contributed by atoms with Gasteiger partial charge in [-0.1, -0.05) is 36.4 Å². The van der Waals surface area contributed by atoms with Crippen molar-refractivity contribution >= 4 is 27.6 Å². The van der Waals surface area contributed by atoms with Crippen molar-refractivity contribution in [2.24, 2.45) is 5.41 Å².